The fourth-order valence-electron chi connectivity index (χ4n) is 3.80. The van der Waals surface area contributed by atoms with E-state index in [1.807, 2.05) is 0 Å². The molecule has 0 aromatic rings. The molecule has 0 radical (unpaired) electrons. The number of hydrogen-bond donors (Lipinski definition) is 1. The molecule has 0 saturated carbocycles. The van der Waals surface area contributed by atoms with Crippen molar-refractivity contribution < 1.29 is 14.6 Å². The summed E-state index contributed by atoms with van der Waals surface area (Å²) in [5.41, 5.74) is 0. The molecule has 0 unspecified atom stereocenters. The van der Waals surface area contributed by atoms with Crippen LogP contribution >= 0.6 is 0 Å². The molecule has 1 N–H and O–H groups in total. The maximum Gasteiger partial charge on any atom is 0.305 e. The summed E-state index contributed by atoms with van der Waals surface area (Å²) in [7, 11) is 0. The molecule has 0 aromatic heterocycles. The molecular weight excluding hydrogens is 376 g/mol. The number of carbonyl (C=O) groups is 1. The average molecular weight is 423 g/mol. The van der Waals surface area contributed by atoms with E-state index in [4.69, 9.17) is 9.84 Å². The van der Waals surface area contributed by atoms with Crippen molar-refractivity contribution in [3.05, 3.63) is 12.2 Å². The van der Waals surface area contributed by atoms with Crippen LogP contribution < -0.4 is 0 Å². The minimum Gasteiger partial charge on any atom is -0.481 e. The molecule has 1 rings (SSSR count). The topological polar surface area (TPSA) is 62.1 Å². The van der Waals surface area contributed by atoms with Crippen LogP contribution in [0.2, 0.25) is 0 Å². The summed E-state index contributed by atoms with van der Waals surface area (Å²) in [5.74, 6) is 0.414. The smallest absolute Gasteiger partial charge is 0.305 e. The lowest BCUT2D eigenvalue weighted by Gasteiger charge is -2.20. The average Bonchev–Trinajstić information content (AvgIpc) is 3.17. The minimum atomic E-state index is -0.803. The molecule has 1 aliphatic rings. The van der Waals surface area contributed by atoms with Gasteiger partial charge >= 0.3 is 5.97 Å². The Kier molecular flexibility index (Phi) is 17.4. The quantitative estimate of drug-likeness (QED) is 0.176. The fraction of sp³-hybridized carbons (Fsp3) is 0.840. The van der Waals surface area contributed by atoms with Crippen LogP contribution in [0.25, 0.3) is 0 Å². The van der Waals surface area contributed by atoms with E-state index in [0.29, 0.717) is 13.2 Å². The van der Waals surface area contributed by atoms with Crippen LogP contribution in [0.5, 0.6) is 0 Å². The first-order valence-electron chi connectivity index (χ1n) is 12.5. The molecule has 5 heteroatoms. The Bertz CT molecular complexity index is 477. The Morgan fingerprint density at radius 3 is 2.27 bits per heavy atom. The summed E-state index contributed by atoms with van der Waals surface area (Å²) in [6.45, 7) is 5.83. The number of hydrogen-bond acceptors (Lipinski definition) is 4. The third kappa shape index (κ3) is 15.5. The van der Waals surface area contributed by atoms with E-state index in [1.54, 1.807) is 0 Å². The molecule has 0 saturated heterocycles. The molecule has 0 amide bonds. The molecule has 1 aliphatic heterocycles. The summed E-state index contributed by atoms with van der Waals surface area (Å²) >= 11 is 0. The number of carboxylic acids is 1. The number of ether oxygens (including phenoxy) is 1. The number of rotatable bonds is 21. The Morgan fingerprint density at radius 1 is 0.967 bits per heavy atom. The van der Waals surface area contributed by atoms with E-state index < -0.39 is 5.97 Å². The monoisotopic (exact) mass is 422 g/mol. The van der Waals surface area contributed by atoms with Gasteiger partial charge < -0.3 is 14.7 Å². The summed E-state index contributed by atoms with van der Waals surface area (Å²) in [6, 6.07) is 0. The van der Waals surface area contributed by atoms with Gasteiger partial charge in [0.25, 0.3) is 0 Å². The zero-order chi connectivity index (χ0) is 21.7. The molecule has 0 atom stereocenters. The SMILES string of the molecule is CCCCCCCCC=CCCCCCCCC1=NCCN1CCOCCC(=O)O. The Hall–Kier alpha value is -1.36. The van der Waals surface area contributed by atoms with Crippen LogP contribution in [0.15, 0.2) is 17.1 Å². The summed E-state index contributed by atoms with van der Waals surface area (Å²) in [5, 5.41) is 8.62. The lowest BCUT2D eigenvalue weighted by molar-refractivity contribution is -0.138. The second-order valence-electron chi connectivity index (χ2n) is 8.38. The Morgan fingerprint density at radius 2 is 1.60 bits per heavy atom. The molecule has 0 fully saturated rings. The summed E-state index contributed by atoms with van der Waals surface area (Å²) in [6.07, 6.45) is 23.2. The van der Waals surface area contributed by atoms with Crippen LogP contribution in [0.3, 0.4) is 0 Å². The van der Waals surface area contributed by atoms with E-state index >= 15 is 0 Å². The second-order valence-corrected chi connectivity index (χ2v) is 8.38. The van der Waals surface area contributed by atoms with Gasteiger partial charge in [-0.05, 0) is 32.1 Å². The highest BCUT2D eigenvalue weighted by molar-refractivity contribution is 5.83. The van der Waals surface area contributed by atoms with E-state index in [0.717, 1.165) is 26.1 Å². The Labute approximate surface area is 185 Å². The van der Waals surface area contributed by atoms with Crippen molar-refractivity contribution in [1.82, 2.24) is 4.90 Å². The van der Waals surface area contributed by atoms with Gasteiger partial charge in [-0.15, -0.1) is 0 Å². The first-order valence-corrected chi connectivity index (χ1v) is 12.5. The van der Waals surface area contributed by atoms with E-state index in [2.05, 4.69) is 29.0 Å². The van der Waals surface area contributed by atoms with E-state index in [-0.39, 0.29) is 6.42 Å². The maximum atomic E-state index is 10.5. The molecule has 174 valence electrons. The summed E-state index contributed by atoms with van der Waals surface area (Å²) in [4.78, 5) is 17.4. The zero-order valence-corrected chi connectivity index (χ0v) is 19.5. The fourth-order valence-corrected chi connectivity index (χ4v) is 3.80. The standard InChI is InChI=1S/C25H46N2O3/c1-2-3-4-5-6-7-8-9-10-11-12-13-14-15-16-17-24-26-19-20-27(24)21-23-30-22-18-25(28)29/h9-10H,2-8,11-23H2,1H3,(H,28,29). The van der Waals surface area contributed by atoms with Crippen molar-refractivity contribution in [3.8, 4) is 0 Å². The number of aliphatic carboxylic acids is 1. The van der Waals surface area contributed by atoms with Crippen molar-refractivity contribution in [3.63, 3.8) is 0 Å². The highest BCUT2D eigenvalue weighted by Gasteiger charge is 2.15. The van der Waals surface area contributed by atoms with Gasteiger partial charge in [-0.2, -0.15) is 0 Å². The number of allylic oxidation sites excluding steroid dienone is 2. The third-order valence-electron chi connectivity index (χ3n) is 5.66. The van der Waals surface area contributed by atoms with Crippen LogP contribution in [0.1, 0.15) is 103 Å². The van der Waals surface area contributed by atoms with Gasteiger partial charge in [0, 0.05) is 19.5 Å². The van der Waals surface area contributed by atoms with Crippen molar-refractivity contribution >= 4 is 11.8 Å². The first-order chi connectivity index (χ1) is 14.7. The third-order valence-corrected chi connectivity index (χ3v) is 5.66. The van der Waals surface area contributed by atoms with Crippen LogP contribution in [0.4, 0.5) is 0 Å². The molecule has 30 heavy (non-hydrogen) atoms. The van der Waals surface area contributed by atoms with Gasteiger partial charge in [0.1, 0.15) is 0 Å². The maximum absolute atomic E-state index is 10.5. The lowest BCUT2D eigenvalue weighted by Crippen LogP contribution is -2.31. The van der Waals surface area contributed by atoms with E-state index in [9.17, 15) is 4.79 Å². The molecular formula is C25H46N2O3. The van der Waals surface area contributed by atoms with Gasteiger partial charge in [0.15, 0.2) is 0 Å². The Balaban J connectivity index is 1.89. The molecule has 0 bridgehead atoms. The molecule has 1 heterocycles. The normalized spacial score (nSPS) is 14.0. The zero-order valence-electron chi connectivity index (χ0n) is 19.5. The van der Waals surface area contributed by atoms with Crippen molar-refractivity contribution in [2.75, 3.05) is 32.8 Å². The van der Waals surface area contributed by atoms with Gasteiger partial charge in [-0.1, -0.05) is 70.4 Å². The van der Waals surface area contributed by atoms with Gasteiger partial charge in [0.05, 0.1) is 32.0 Å². The first kappa shape index (κ1) is 26.7. The van der Waals surface area contributed by atoms with Crippen molar-refractivity contribution in [2.45, 2.75) is 103 Å². The molecule has 0 aromatic carbocycles. The van der Waals surface area contributed by atoms with Gasteiger partial charge in [-0.25, -0.2) is 0 Å². The largest absolute Gasteiger partial charge is 0.481 e. The number of nitrogens with zero attached hydrogens (tertiary/aromatic N) is 2. The van der Waals surface area contributed by atoms with Crippen LogP contribution in [-0.2, 0) is 9.53 Å². The van der Waals surface area contributed by atoms with Crippen molar-refractivity contribution in [2.24, 2.45) is 4.99 Å². The van der Waals surface area contributed by atoms with Crippen molar-refractivity contribution in [1.29, 1.82) is 0 Å². The number of amidine groups is 1. The van der Waals surface area contributed by atoms with Crippen LogP contribution in [0, 0.1) is 0 Å². The predicted octanol–water partition coefficient (Wildman–Crippen LogP) is 6.23. The second kappa shape index (κ2) is 19.6. The lowest BCUT2D eigenvalue weighted by atomic mass is 10.1. The molecule has 0 spiro atoms. The molecule has 5 nitrogen and oxygen atoms in total. The highest BCUT2D eigenvalue weighted by atomic mass is 16.5. The van der Waals surface area contributed by atoms with Gasteiger partial charge in [-0.3, -0.25) is 9.79 Å². The van der Waals surface area contributed by atoms with Crippen LogP contribution in [-0.4, -0.2) is 54.7 Å². The number of aliphatic imine (C=N–C) groups is 1. The highest BCUT2D eigenvalue weighted by Crippen LogP contribution is 2.13. The van der Waals surface area contributed by atoms with Gasteiger partial charge in [0.2, 0.25) is 0 Å². The number of carboxylic acid groups (broad SMARTS) is 1. The van der Waals surface area contributed by atoms with E-state index in [1.165, 1.54) is 89.3 Å². The molecule has 0 aliphatic carbocycles. The summed E-state index contributed by atoms with van der Waals surface area (Å²) < 4.78 is 5.40. The number of unbranched alkanes of at least 4 members (excludes halogenated alkanes) is 11. The predicted molar refractivity (Wildman–Crippen MR) is 126 cm³/mol. The minimum absolute atomic E-state index is 0.0792.